The SMILES string of the molecule is CCOc1ccc(N(c2ccc(OCC)cc2)c2ccc(-c3nc4cc(N=Cc5ccccc5)ccc4[nH]3)cc2)cc1. The highest BCUT2D eigenvalue weighted by molar-refractivity contribution is 5.86. The number of aromatic amines is 1. The van der Waals surface area contributed by atoms with Crippen molar-refractivity contribution in [3.8, 4) is 22.9 Å². The third-order valence-electron chi connectivity index (χ3n) is 6.84. The van der Waals surface area contributed by atoms with E-state index in [0.717, 1.165) is 62.2 Å². The number of aromatic nitrogens is 2. The van der Waals surface area contributed by atoms with E-state index in [1.54, 1.807) is 0 Å². The average molecular weight is 553 g/mol. The average Bonchev–Trinajstić information content (AvgIpc) is 3.47. The Morgan fingerprint density at radius 1 is 0.690 bits per heavy atom. The van der Waals surface area contributed by atoms with E-state index in [1.165, 1.54) is 0 Å². The number of nitrogens with one attached hydrogen (secondary N) is 1. The van der Waals surface area contributed by atoms with Crippen molar-refractivity contribution in [3.63, 3.8) is 0 Å². The van der Waals surface area contributed by atoms with Crippen LogP contribution in [-0.2, 0) is 0 Å². The molecule has 208 valence electrons. The van der Waals surface area contributed by atoms with Crippen molar-refractivity contribution in [2.75, 3.05) is 18.1 Å². The molecule has 6 heteroatoms. The molecule has 5 aromatic carbocycles. The first-order valence-electron chi connectivity index (χ1n) is 14.2. The fourth-order valence-corrected chi connectivity index (χ4v) is 4.83. The number of benzene rings is 5. The molecule has 0 saturated carbocycles. The largest absolute Gasteiger partial charge is 0.494 e. The van der Waals surface area contributed by atoms with Crippen molar-refractivity contribution in [3.05, 3.63) is 127 Å². The summed E-state index contributed by atoms with van der Waals surface area (Å²) in [7, 11) is 0. The summed E-state index contributed by atoms with van der Waals surface area (Å²) in [5, 5.41) is 0. The van der Waals surface area contributed by atoms with Gasteiger partial charge in [-0.3, -0.25) is 4.99 Å². The molecule has 42 heavy (non-hydrogen) atoms. The van der Waals surface area contributed by atoms with Gasteiger partial charge in [0.05, 0.1) is 29.9 Å². The number of aliphatic imine (C=N–C) groups is 1. The van der Waals surface area contributed by atoms with Gasteiger partial charge in [-0.1, -0.05) is 30.3 Å². The molecule has 6 nitrogen and oxygen atoms in total. The van der Waals surface area contributed by atoms with Crippen molar-refractivity contribution in [2.24, 2.45) is 4.99 Å². The van der Waals surface area contributed by atoms with Gasteiger partial charge in [0.15, 0.2) is 0 Å². The fourth-order valence-electron chi connectivity index (χ4n) is 4.83. The predicted molar refractivity (Wildman–Crippen MR) is 172 cm³/mol. The van der Waals surface area contributed by atoms with Crippen molar-refractivity contribution in [1.29, 1.82) is 0 Å². The van der Waals surface area contributed by atoms with E-state index in [0.29, 0.717) is 13.2 Å². The summed E-state index contributed by atoms with van der Waals surface area (Å²) in [4.78, 5) is 15.2. The molecule has 0 spiro atoms. The lowest BCUT2D eigenvalue weighted by atomic mass is 10.1. The third-order valence-corrected chi connectivity index (χ3v) is 6.84. The number of imidazole rings is 1. The van der Waals surface area contributed by atoms with Crippen molar-refractivity contribution < 1.29 is 9.47 Å². The van der Waals surface area contributed by atoms with E-state index >= 15 is 0 Å². The number of nitrogens with zero attached hydrogens (tertiary/aromatic N) is 3. The molecule has 1 aromatic heterocycles. The summed E-state index contributed by atoms with van der Waals surface area (Å²) in [6, 6.07) is 40.8. The van der Waals surface area contributed by atoms with Crippen LogP contribution in [0.2, 0.25) is 0 Å². The molecule has 0 fully saturated rings. The first-order valence-corrected chi connectivity index (χ1v) is 14.2. The van der Waals surface area contributed by atoms with Gasteiger partial charge in [-0.25, -0.2) is 4.98 Å². The first kappa shape index (κ1) is 26.8. The van der Waals surface area contributed by atoms with Gasteiger partial charge in [0.25, 0.3) is 0 Å². The van der Waals surface area contributed by atoms with Crippen molar-refractivity contribution in [2.45, 2.75) is 13.8 Å². The van der Waals surface area contributed by atoms with Gasteiger partial charge in [0.2, 0.25) is 0 Å². The van der Waals surface area contributed by atoms with Crippen LogP contribution in [0.15, 0.2) is 126 Å². The molecule has 1 heterocycles. The van der Waals surface area contributed by atoms with Crippen LogP contribution >= 0.6 is 0 Å². The zero-order valence-electron chi connectivity index (χ0n) is 23.7. The van der Waals surface area contributed by atoms with E-state index in [9.17, 15) is 0 Å². The highest BCUT2D eigenvalue weighted by Gasteiger charge is 2.14. The van der Waals surface area contributed by atoms with Gasteiger partial charge < -0.3 is 19.4 Å². The summed E-state index contributed by atoms with van der Waals surface area (Å²) < 4.78 is 11.3. The molecule has 1 N–H and O–H groups in total. The molecule has 0 bridgehead atoms. The predicted octanol–water partition coefficient (Wildman–Crippen LogP) is 9.25. The molecule has 0 unspecified atom stereocenters. The van der Waals surface area contributed by atoms with Crippen molar-refractivity contribution in [1.82, 2.24) is 9.97 Å². The van der Waals surface area contributed by atoms with Gasteiger partial charge in [0, 0.05) is 28.8 Å². The summed E-state index contributed by atoms with van der Waals surface area (Å²) in [5.74, 6) is 2.51. The number of fused-ring (bicyclic) bond motifs is 1. The van der Waals surface area contributed by atoms with Gasteiger partial charge in [-0.15, -0.1) is 0 Å². The summed E-state index contributed by atoms with van der Waals surface area (Å²) >= 11 is 0. The van der Waals surface area contributed by atoms with Crippen LogP contribution < -0.4 is 14.4 Å². The monoisotopic (exact) mass is 552 g/mol. The van der Waals surface area contributed by atoms with Crippen LogP contribution in [0.3, 0.4) is 0 Å². The lowest BCUT2D eigenvalue weighted by Gasteiger charge is -2.26. The van der Waals surface area contributed by atoms with Gasteiger partial charge >= 0.3 is 0 Å². The summed E-state index contributed by atoms with van der Waals surface area (Å²) in [5.41, 5.74) is 7.86. The minimum atomic E-state index is 0.632. The summed E-state index contributed by atoms with van der Waals surface area (Å²) in [6.07, 6.45) is 1.87. The number of hydrogen-bond acceptors (Lipinski definition) is 5. The van der Waals surface area contributed by atoms with Gasteiger partial charge in [-0.2, -0.15) is 0 Å². The molecule has 6 rings (SSSR count). The highest BCUT2D eigenvalue weighted by Crippen LogP contribution is 2.37. The van der Waals surface area contributed by atoms with E-state index in [2.05, 4.69) is 63.4 Å². The number of hydrogen-bond donors (Lipinski definition) is 1. The maximum absolute atomic E-state index is 5.67. The molecular formula is C36H32N4O2. The number of anilines is 3. The van der Waals surface area contributed by atoms with Crippen LogP contribution in [0.25, 0.3) is 22.4 Å². The quantitative estimate of drug-likeness (QED) is 0.172. The molecule has 0 aliphatic carbocycles. The zero-order chi connectivity index (χ0) is 28.7. The molecule has 6 aromatic rings. The molecule has 0 aliphatic rings. The van der Waals surface area contributed by atoms with E-state index < -0.39 is 0 Å². The Morgan fingerprint density at radius 3 is 1.83 bits per heavy atom. The Hall–Kier alpha value is -5.36. The highest BCUT2D eigenvalue weighted by atomic mass is 16.5. The minimum Gasteiger partial charge on any atom is -0.494 e. The minimum absolute atomic E-state index is 0.632. The normalized spacial score (nSPS) is 11.2. The second-order valence-electron chi connectivity index (χ2n) is 9.69. The van der Waals surface area contributed by atoms with E-state index in [1.807, 2.05) is 92.9 Å². The molecule has 0 amide bonds. The zero-order valence-corrected chi connectivity index (χ0v) is 23.7. The van der Waals surface area contributed by atoms with E-state index in [4.69, 9.17) is 14.5 Å². The lowest BCUT2D eigenvalue weighted by molar-refractivity contribution is 0.340. The Labute approximate surface area is 245 Å². The fraction of sp³-hybridized carbons (Fsp3) is 0.111. The Morgan fingerprint density at radius 2 is 1.26 bits per heavy atom. The van der Waals surface area contributed by atoms with E-state index in [-0.39, 0.29) is 0 Å². The van der Waals surface area contributed by atoms with Gasteiger partial charge in [0.1, 0.15) is 17.3 Å². The molecule has 0 saturated heterocycles. The standard InChI is InChI=1S/C36H32N4O2/c1-3-41-32-19-15-30(16-20-32)40(31-17-21-33(22-18-31)42-4-2)29-13-10-27(11-14-29)36-38-34-23-12-28(24-35(34)39-36)37-25-26-8-6-5-7-9-26/h5-25H,3-4H2,1-2H3,(H,38,39). The Kier molecular flexibility index (Phi) is 7.95. The lowest BCUT2D eigenvalue weighted by Crippen LogP contribution is -2.10. The molecule has 0 atom stereocenters. The summed E-state index contributed by atoms with van der Waals surface area (Å²) in [6.45, 7) is 5.24. The number of ether oxygens (including phenoxy) is 2. The Balaban J connectivity index is 1.29. The second-order valence-corrected chi connectivity index (χ2v) is 9.69. The maximum atomic E-state index is 5.67. The maximum Gasteiger partial charge on any atom is 0.138 e. The third kappa shape index (κ3) is 6.03. The number of H-pyrrole nitrogens is 1. The van der Waals surface area contributed by atoms with Crippen LogP contribution in [-0.4, -0.2) is 29.4 Å². The molecular weight excluding hydrogens is 520 g/mol. The van der Waals surface area contributed by atoms with Crippen LogP contribution in [0.1, 0.15) is 19.4 Å². The number of rotatable bonds is 10. The van der Waals surface area contributed by atoms with Gasteiger partial charge in [-0.05, 0) is 110 Å². The van der Waals surface area contributed by atoms with Crippen molar-refractivity contribution >= 4 is 40.0 Å². The molecule has 0 radical (unpaired) electrons. The Bertz CT molecular complexity index is 1730. The second kappa shape index (κ2) is 12.4. The van der Waals surface area contributed by atoms with Crippen LogP contribution in [0.5, 0.6) is 11.5 Å². The molecule has 0 aliphatic heterocycles. The van der Waals surface area contributed by atoms with Crippen LogP contribution in [0, 0.1) is 0 Å². The smallest absolute Gasteiger partial charge is 0.138 e. The van der Waals surface area contributed by atoms with Crippen LogP contribution in [0.4, 0.5) is 22.7 Å². The first-order chi connectivity index (χ1) is 20.7. The topological polar surface area (TPSA) is 62.7 Å².